The summed E-state index contributed by atoms with van der Waals surface area (Å²) in [7, 11) is 0. The number of hydrogen-bond acceptors (Lipinski definition) is 3. The number of rotatable bonds is 1. The largest absolute Gasteiger partial charge is 0.508 e. The van der Waals surface area contributed by atoms with E-state index in [4.69, 9.17) is 4.74 Å². The fourth-order valence-electron chi connectivity index (χ4n) is 1.62. The maximum Gasteiger partial charge on any atom is 0.121 e. The standard InChI is InChI=1S/C10H12O3/c11-7-3-4-9(12)8(6-7)10-2-1-5-13-10/h3-4,6,10-12H,1-2,5H2. The van der Waals surface area contributed by atoms with Crippen LogP contribution in [-0.2, 0) is 4.74 Å². The van der Waals surface area contributed by atoms with Crippen LogP contribution in [0.5, 0.6) is 11.5 Å². The average molecular weight is 180 g/mol. The zero-order valence-corrected chi connectivity index (χ0v) is 7.23. The number of ether oxygens (including phenoxy) is 1. The Labute approximate surface area is 76.6 Å². The summed E-state index contributed by atoms with van der Waals surface area (Å²) >= 11 is 0. The van der Waals surface area contributed by atoms with E-state index < -0.39 is 0 Å². The molecular weight excluding hydrogens is 168 g/mol. The first-order valence-corrected chi connectivity index (χ1v) is 4.41. The van der Waals surface area contributed by atoms with Gasteiger partial charge in [-0.05, 0) is 31.0 Å². The maximum absolute atomic E-state index is 9.50. The molecule has 0 bridgehead atoms. The second-order valence-electron chi connectivity index (χ2n) is 3.24. The third-order valence-corrected chi connectivity index (χ3v) is 2.29. The zero-order chi connectivity index (χ0) is 9.26. The number of benzene rings is 1. The molecule has 1 aliphatic heterocycles. The highest BCUT2D eigenvalue weighted by Gasteiger charge is 2.20. The number of phenols is 2. The highest BCUT2D eigenvalue weighted by molar-refractivity contribution is 5.40. The molecule has 0 aromatic heterocycles. The van der Waals surface area contributed by atoms with Gasteiger partial charge in [-0.15, -0.1) is 0 Å². The summed E-state index contributed by atoms with van der Waals surface area (Å²) in [5.74, 6) is 0.369. The van der Waals surface area contributed by atoms with Crippen LogP contribution in [0, 0.1) is 0 Å². The van der Waals surface area contributed by atoms with E-state index in [9.17, 15) is 10.2 Å². The monoisotopic (exact) mass is 180 g/mol. The fourth-order valence-corrected chi connectivity index (χ4v) is 1.62. The molecule has 70 valence electrons. The lowest BCUT2D eigenvalue weighted by atomic mass is 10.1. The van der Waals surface area contributed by atoms with E-state index in [2.05, 4.69) is 0 Å². The van der Waals surface area contributed by atoms with Crippen molar-refractivity contribution in [3.05, 3.63) is 23.8 Å². The molecule has 1 atom stereocenters. The van der Waals surface area contributed by atoms with Crippen LogP contribution in [0.2, 0.25) is 0 Å². The third kappa shape index (κ3) is 1.60. The van der Waals surface area contributed by atoms with Gasteiger partial charge in [0, 0.05) is 12.2 Å². The molecule has 0 spiro atoms. The molecule has 1 saturated heterocycles. The molecule has 2 N–H and O–H groups in total. The molecule has 0 saturated carbocycles. The van der Waals surface area contributed by atoms with Crippen LogP contribution in [0.1, 0.15) is 24.5 Å². The molecule has 1 fully saturated rings. The van der Waals surface area contributed by atoms with Gasteiger partial charge in [0.2, 0.25) is 0 Å². The van der Waals surface area contributed by atoms with Crippen molar-refractivity contribution in [3.8, 4) is 11.5 Å². The molecule has 0 radical (unpaired) electrons. The second-order valence-corrected chi connectivity index (χ2v) is 3.24. The van der Waals surface area contributed by atoms with Crippen LogP contribution in [-0.4, -0.2) is 16.8 Å². The van der Waals surface area contributed by atoms with Crippen LogP contribution in [0.3, 0.4) is 0 Å². The smallest absolute Gasteiger partial charge is 0.121 e. The van der Waals surface area contributed by atoms with Gasteiger partial charge in [0.1, 0.15) is 11.5 Å². The highest BCUT2D eigenvalue weighted by Crippen LogP contribution is 2.35. The summed E-state index contributed by atoms with van der Waals surface area (Å²) in [6.45, 7) is 0.736. The van der Waals surface area contributed by atoms with Gasteiger partial charge in [-0.25, -0.2) is 0 Å². The van der Waals surface area contributed by atoms with Crippen molar-refractivity contribution >= 4 is 0 Å². The van der Waals surface area contributed by atoms with Crippen molar-refractivity contribution in [1.29, 1.82) is 0 Å². The summed E-state index contributed by atoms with van der Waals surface area (Å²) < 4.78 is 5.40. The van der Waals surface area contributed by atoms with Gasteiger partial charge in [0.25, 0.3) is 0 Å². The lowest BCUT2D eigenvalue weighted by Crippen LogP contribution is -1.95. The molecule has 1 aromatic carbocycles. The third-order valence-electron chi connectivity index (χ3n) is 2.29. The van der Waals surface area contributed by atoms with Crippen LogP contribution in [0.25, 0.3) is 0 Å². The molecule has 1 unspecified atom stereocenters. The van der Waals surface area contributed by atoms with Crippen LogP contribution in [0.4, 0.5) is 0 Å². The predicted octanol–water partition coefficient (Wildman–Crippen LogP) is 1.95. The molecule has 2 rings (SSSR count). The Kier molecular flexibility index (Phi) is 2.10. The molecule has 1 aromatic rings. The average Bonchev–Trinajstić information content (AvgIpc) is 2.61. The molecule has 3 heteroatoms. The van der Waals surface area contributed by atoms with Gasteiger partial charge < -0.3 is 14.9 Å². The minimum Gasteiger partial charge on any atom is -0.508 e. The van der Waals surface area contributed by atoms with Gasteiger partial charge in [0.05, 0.1) is 6.10 Å². The SMILES string of the molecule is Oc1ccc(O)c(C2CCCO2)c1. The minimum absolute atomic E-state index is 0.0490. The maximum atomic E-state index is 9.50. The number of aromatic hydroxyl groups is 2. The van der Waals surface area contributed by atoms with Crippen LogP contribution in [0.15, 0.2) is 18.2 Å². The van der Waals surface area contributed by atoms with Crippen molar-refractivity contribution < 1.29 is 14.9 Å². The Morgan fingerprint density at radius 1 is 1.31 bits per heavy atom. The first-order chi connectivity index (χ1) is 6.27. The van der Waals surface area contributed by atoms with Gasteiger partial charge >= 0.3 is 0 Å². The van der Waals surface area contributed by atoms with Gasteiger partial charge in [0.15, 0.2) is 0 Å². The second kappa shape index (κ2) is 3.26. The fraction of sp³-hybridized carbons (Fsp3) is 0.400. The van der Waals surface area contributed by atoms with Crippen molar-refractivity contribution in [2.75, 3.05) is 6.61 Å². The zero-order valence-electron chi connectivity index (χ0n) is 7.23. The lowest BCUT2D eigenvalue weighted by Gasteiger charge is -2.11. The Morgan fingerprint density at radius 3 is 2.85 bits per heavy atom. The summed E-state index contributed by atoms with van der Waals surface area (Å²) in [5, 5.41) is 18.7. The summed E-state index contributed by atoms with van der Waals surface area (Å²) in [5.41, 5.74) is 0.692. The summed E-state index contributed by atoms with van der Waals surface area (Å²) in [4.78, 5) is 0. The Morgan fingerprint density at radius 2 is 2.15 bits per heavy atom. The van der Waals surface area contributed by atoms with Crippen LogP contribution < -0.4 is 0 Å². The number of hydrogen-bond donors (Lipinski definition) is 2. The van der Waals surface area contributed by atoms with Crippen molar-refractivity contribution in [2.45, 2.75) is 18.9 Å². The van der Waals surface area contributed by atoms with E-state index in [1.165, 1.54) is 12.1 Å². The minimum atomic E-state index is -0.0490. The topological polar surface area (TPSA) is 49.7 Å². The van der Waals surface area contributed by atoms with Gasteiger partial charge in [-0.2, -0.15) is 0 Å². The van der Waals surface area contributed by atoms with Crippen molar-refractivity contribution in [2.24, 2.45) is 0 Å². The molecule has 13 heavy (non-hydrogen) atoms. The Hall–Kier alpha value is -1.22. The van der Waals surface area contributed by atoms with E-state index in [1.54, 1.807) is 6.07 Å². The Bertz CT molecular complexity index is 303. The first-order valence-electron chi connectivity index (χ1n) is 4.41. The summed E-state index contributed by atoms with van der Waals surface area (Å²) in [6.07, 6.45) is 1.88. The van der Waals surface area contributed by atoms with E-state index in [0.717, 1.165) is 19.4 Å². The van der Waals surface area contributed by atoms with E-state index in [1.807, 2.05) is 0 Å². The van der Waals surface area contributed by atoms with E-state index >= 15 is 0 Å². The molecular formula is C10H12O3. The molecule has 1 aliphatic rings. The van der Waals surface area contributed by atoms with Crippen molar-refractivity contribution in [1.82, 2.24) is 0 Å². The van der Waals surface area contributed by atoms with Crippen LogP contribution >= 0.6 is 0 Å². The quantitative estimate of drug-likeness (QED) is 0.649. The summed E-state index contributed by atoms with van der Waals surface area (Å²) in [6, 6.07) is 4.52. The van der Waals surface area contributed by atoms with E-state index in [0.29, 0.717) is 5.56 Å². The molecule has 0 amide bonds. The van der Waals surface area contributed by atoms with E-state index in [-0.39, 0.29) is 17.6 Å². The normalized spacial score (nSPS) is 22.0. The first kappa shape index (κ1) is 8.38. The molecule has 3 nitrogen and oxygen atoms in total. The van der Waals surface area contributed by atoms with Crippen molar-refractivity contribution in [3.63, 3.8) is 0 Å². The predicted molar refractivity (Wildman–Crippen MR) is 47.7 cm³/mol. The Balaban J connectivity index is 2.32. The molecule has 1 heterocycles. The molecule has 0 aliphatic carbocycles. The van der Waals surface area contributed by atoms with Gasteiger partial charge in [-0.1, -0.05) is 0 Å². The number of phenolic OH excluding ortho intramolecular Hbond substituents is 2. The lowest BCUT2D eigenvalue weighted by molar-refractivity contribution is 0.109. The highest BCUT2D eigenvalue weighted by atomic mass is 16.5. The van der Waals surface area contributed by atoms with Gasteiger partial charge in [-0.3, -0.25) is 0 Å².